The van der Waals surface area contributed by atoms with E-state index >= 15 is 0 Å². The molecule has 40 valence electrons. The van der Waals surface area contributed by atoms with Gasteiger partial charge in [-0.05, 0) is 0 Å². The first kappa shape index (κ1) is 6.51. The second-order valence-corrected chi connectivity index (χ2v) is 5.15. The van der Waals surface area contributed by atoms with E-state index < -0.39 is 13.8 Å². The van der Waals surface area contributed by atoms with Crippen LogP contribution in [0.3, 0.4) is 0 Å². The summed E-state index contributed by atoms with van der Waals surface area (Å²) in [4.78, 5) is 0. The summed E-state index contributed by atoms with van der Waals surface area (Å²) in [5.74, 6) is 0. The molecule has 0 heterocycles. The van der Waals surface area contributed by atoms with Crippen LogP contribution in [0.5, 0.6) is 0 Å². The number of rotatable bonds is 0. The molecule has 0 aliphatic heterocycles. The van der Waals surface area contributed by atoms with Crippen LogP contribution in [0.15, 0.2) is 0 Å². The van der Waals surface area contributed by atoms with Crippen molar-refractivity contribution in [3.8, 4) is 0 Å². The molecule has 0 aromatic carbocycles. The van der Waals surface area contributed by atoms with E-state index in [4.69, 9.17) is 19.9 Å². The standard InChI is InChI=1S/6O.Ti. The van der Waals surface area contributed by atoms with Gasteiger partial charge in [-0.1, -0.05) is 0 Å². The molecule has 7 heavy (non-hydrogen) atoms. The molecule has 6 nitrogen and oxygen atoms in total. The molecule has 0 unspecified atom stereocenters. The van der Waals surface area contributed by atoms with E-state index in [1.54, 1.807) is 0 Å². The van der Waals surface area contributed by atoms with E-state index in [1.165, 1.54) is 0 Å². The first-order chi connectivity index (χ1) is 2.45. The fraction of sp³-hybridized carbons (Fsp3) is 0. The normalized spacial score (nSPS) is 6.86. The summed E-state index contributed by atoms with van der Waals surface area (Å²) in [5, 5.41) is 0. The molecule has 0 fully saturated rings. The van der Waals surface area contributed by atoms with Crippen LogP contribution in [0.2, 0.25) is 0 Å². The van der Waals surface area contributed by atoms with Crippen LogP contribution in [-0.4, -0.2) is 0 Å². The fourth-order valence-electron chi connectivity index (χ4n) is 0. The monoisotopic (exact) mass is 144 g/mol. The average Bonchev–Trinajstić information content (AvgIpc) is 0.592. The van der Waals surface area contributed by atoms with Gasteiger partial charge < -0.3 is 0 Å². The molecule has 0 aromatic rings. The fourth-order valence-corrected chi connectivity index (χ4v) is 0. The SMILES string of the molecule is [O]=[Ti](=[O])(=[O])(=[O])(=[O])=[O]. The molecule has 0 aliphatic rings. The summed E-state index contributed by atoms with van der Waals surface area (Å²) in [7, 11) is 0. The van der Waals surface area contributed by atoms with E-state index in [0.29, 0.717) is 0 Å². The van der Waals surface area contributed by atoms with Crippen LogP contribution >= 0.6 is 0 Å². The van der Waals surface area contributed by atoms with Crippen molar-refractivity contribution in [3.63, 3.8) is 0 Å². The van der Waals surface area contributed by atoms with E-state index in [-0.39, 0.29) is 0 Å². The second-order valence-electron chi connectivity index (χ2n) is 1.25. The van der Waals surface area contributed by atoms with E-state index in [9.17, 15) is 0 Å². The molecule has 0 aromatic heterocycles. The van der Waals surface area contributed by atoms with Gasteiger partial charge in [0.05, 0.1) is 0 Å². The summed E-state index contributed by atoms with van der Waals surface area (Å²) < 4.78 is 52.0. The van der Waals surface area contributed by atoms with Crippen LogP contribution in [-0.2, 0) is 33.8 Å². The summed E-state index contributed by atoms with van der Waals surface area (Å²) in [5.41, 5.74) is 0. The number of hydrogen-bond acceptors (Lipinski definition) is 6. The maximum absolute atomic E-state index is 9.67. The van der Waals surface area contributed by atoms with Crippen molar-refractivity contribution in [1.29, 1.82) is 0 Å². The molecule has 0 saturated carbocycles. The van der Waals surface area contributed by atoms with Gasteiger partial charge in [0, 0.05) is 0 Å². The maximum atomic E-state index is 8.67. The average molecular weight is 144 g/mol. The quantitative estimate of drug-likeness (QED) is 0.415. The topological polar surface area (TPSA) is 102 Å². The molecule has 0 spiro atoms. The third-order valence-corrected chi connectivity index (χ3v) is 0. The Balaban J connectivity index is 8.86. The van der Waals surface area contributed by atoms with E-state index in [1.807, 2.05) is 0 Å². The first-order valence-corrected chi connectivity index (χ1v) is 5.05. The molecule has 0 atom stereocenters. The van der Waals surface area contributed by atoms with Gasteiger partial charge in [0.2, 0.25) is 0 Å². The van der Waals surface area contributed by atoms with Crippen molar-refractivity contribution in [2.75, 3.05) is 0 Å². The van der Waals surface area contributed by atoms with Crippen molar-refractivity contribution in [2.45, 2.75) is 0 Å². The Bertz CT molecular complexity index is 432. The predicted octanol–water partition coefficient (Wildman–Crippen LogP) is -0.715. The van der Waals surface area contributed by atoms with Gasteiger partial charge in [-0.15, -0.1) is 0 Å². The molecule has 0 N–H and O–H groups in total. The van der Waals surface area contributed by atoms with Gasteiger partial charge in [0.1, 0.15) is 0 Å². The summed E-state index contributed by atoms with van der Waals surface area (Å²) >= 11 is -9.67. The van der Waals surface area contributed by atoms with Crippen molar-refractivity contribution in [2.24, 2.45) is 0 Å². The Morgan fingerprint density at radius 3 is 0.571 bits per heavy atom. The van der Waals surface area contributed by atoms with Gasteiger partial charge in [-0.3, -0.25) is 0 Å². The number of hydrogen-bond donors (Lipinski definition) is 0. The second kappa shape index (κ2) is 0.533. The van der Waals surface area contributed by atoms with Gasteiger partial charge in [0.25, 0.3) is 0 Å². The Morgan fingerprint density at radius 1 is 0.571 bits per heavy atom. The van der Waals surface area contributed by atoms with Crippen LogP contribution in [0.25, 0.3) is 0 Å². The van der Waals surface area contributed by atoms with Crippen LogP contribution < -0.4 is 0 Å². The summed E-state index contributed by atoms with van der Waals surface area (Å²) in [6.07, 6.45) is 0. The predicted molar refractivity (Wildman–Crippen MR) is 4.12 cm³/mol. The van der Waals surface area contributed by atoms with Crippen molar-refractivity contribution >= 4 is 0 Å². The molecule has 0 saturated heterocycles. The van der Waals surface area contributed by atoms with Gasteiger partial charge in [-0.25, -0.2) is 0 Å². The van der Waals surface area contributed by atoms with Crippen LogP contribution in [0, 0.1) is 0 Å². The Morgan fingerprint density at radius 2 is 0.571 bits per heavy atom. The van der Waals surface area contributed by atoms with Gasteiger partial charge in [0.15, 0.2) is 0 Å². The van der Waals surface area contributed by atoms with Gasteiger partial charge >= 0.3 is 33.8 Å². The minimum atomic E-state index is -9.67. The summed E-state index contributed by atoms with van der Waals surface area (Å²) in [6, 6.07) is 0. The van der Waals surface area contributed by atoms with Crippen molar-refractivity contribution < 1.29 is 33.8 Å². The molecule has 7 heteroatoms. The van der Waals surface area contributed by atoms with Crippen molar-refractivity contribution in [3.05, 3.63) is 0 Å². The molecular weight excluding hydrogens is 144 g/mol. The van der Waals surface area contributed by atoms with E-state index in [2.05, 4.69) is 0 Å². The molecule has 0 aliphatic carbocycles. The molecule has 0 rings (SSSR count). The van der Waals surface area contributed by atoms with Crippen LogP contribution in [0.1, 0.15) is 0 Å². The zero-order valence-electron chi connectivity index (χ0n) is 2.95. The minimum absolute atomic E-state index is 8.67. The molecule has 0 bridgehead atoms. The Labute approximate surface area is 34.5 Å². The molecular formula is O6Ti. The Hall–Kier alpha value is -0.486. The summed E-state index contributed by atoms with van der Waals surface area (Å²) in [6.45, 7) is 0. The van der Waals surface area contributed by atoms with E-state index in [0.717, 1.165) is 0 Å². The third kappa shape index (κ3) is 289. The van der Waals surface area contributed by atoms with Crippen LogP contribution in [0.4, 0.5) is 0 Å². The van der Waals surface area contributed by atoms with Gasteiger partial charge in [-0.2, -0.15) is 0 Å². The molecule has 0 amide bonds. The first-order valence-electron chi connectivity index (χ1n) is 1.22. The zero-order valence-corrected chi connectivity index (χ0v) is 4.51. The third-order valence-electron chi connectivity index (χ3n) is 0. The zero-order chi connectivity index (χ0) is 6.41. The Kier molecular flexibility index (Phi) is 0.496. The molecule has 0 radical (unpaired) electrons. The van der Waals surface area contributed by atoms with Crippen molar-refractivity contribution in [1.82, 2.24) is 0 Å².